The van der Waals surface area contributed by atoms with Gasteiger partial charge in [-0.15, -0.1) is 0 Å². The van der Waals surface area contributed by atoms with Crippen LogP contribution in [0.15, 0.2) is 83.8 Å². The number of primary amides is 1. The minimum atomic E-state index is -0.529. The zero-order valence-corrected chi connectivity index (χ0v) is 14.3. The second-order valence-corrected chi connectivity index (χ2v) is 6.11. The summed E-state index contributed by atoms with van der Waals surface area (Å²) in [5, 5.41) is 3.20. The first kappa shape index (κ1) is 17.6. The summed E-state index contributed by atoms with van der Waals surface area (Å²) in [4.78, 5) is 23.5. The van der Waals surface area contributed by atoms with Crippen molar-refractivity contribution in [2.45, 2.75) is 19.1 Å². The van der Waals surface area contributed by atoms with E-state index in [0.717, 1.165) is 16.7 Å². The van der Waals surface area contributed by atoms with E-state index in [-0.39, 0.29) is 5.56 Å². The van der Waals surface area contributed by atoms with Gasteiger partial charge in [0.05, 0.1) is 6.54 Å². The van der Waals surface area contributed by atoms with Gasteiger partial charge in [0.2, 0.25) is 5.91 Å². The average molecular weight is 347 g/mol. The van der Waals surface area contributed by atoms with Gasteiger partial charge in [0.25, 0.3) is 5.56 Å². The molecule has 5 heteroatoms. The lowest BCUT2D eigenvalue weighted by Gasteiger charge is -2.16. The summed E-state index contributed by atoms with van der Waals surface area (Å²) >= 11 is 0. The lowest BCUT2D eigenvalue weighted by molar-refractivity contribution is -0.120. The monoisotopic (exact) mass is 347 g/mol. The van der Waals surface area contributed by atoms with Crippen LogP contribution in [0.1, 0.15) is 22.7 Å². The maximum absolute atomic E-state index is 11.8. The van der Waals surface area contributed by atoms with Crippen molar-refractivity contribution in [1.82, 2.24) is 9.88 Å². The number of amides is 1. The summed E-state index contributed by atoms with van der Waals surface area (Å²) in [5.74, 6) is -0.406. The molecule has 2 aromatic carbocycles. The summed E-state index contributed by atoms with van der Waals surface area (Å²) in [6, 6.07) is 22.0. The van der Waals surface area contributed by atoms with Gasteiger partial charge < -0.3 is 10.3 Å². The molecule has 0 aliphatic carbocycles. The summed E-state index contributed by atoms with van der Waals surface area (Å²) in [7, 11) is 0. The Kier molecular flexibility index (Phi) is 5.61. The quantitative estimate of drug-likeness (QED) is 0.688. The number of carbonyl (C=O) groups excluding carboxylic acids is 1. The molecule has 0 bridgehead atoms. The number of rotatable bonds is 7. The van der Waals surface area contributed by atoms with Crippen molar-refractivity contribution in [3.63, 3.8) is 0 Å². The Morgan fingerprint density at radius 1 is 0.923 bits per heavy atom. The van der Waals surface area contributed by atoms with Gasteiger partial charge in [-0.05, 0) is 22.8 Å². The van der Waals surface area contributed by atoms with Crippen molar-refractivity contribution < 1.29 is 4.79 Å². The Morgan fingerprint density at radius 3 is 2.23 bits per heavy atom. The van der Waals surface area contributed by atoms with Crippen molar-refractivity contribution in [3.8, 4) is 0 Å². The van der Waals surface area contributed by atoms with Crippen LogP contribution < -0.4 is 16.6 Å². The minimum Gasteiger partial charge on any atom is -0.368 e. The van der Waals surface area contributed by atoms with Crippen molar-refractivity contribution in [2.24, 2.45) is 5.73 Å². The molecule has 1 amide bonds. The molecule has 1 atom stereocenters. The van der Waals surface area contributed by atoms with E-state index in [4.69, 9.17) is 5.73 Å². The third-order valence-electron chi connectivity index (χ3n) is 4.20. The molecule has 1 heterocycles. The zero-order valence-electron chi connectivity index (χ0n) is 14.3. The van der Waals surface area contributed by atoms with Crippen LogP contribution >= 0.6 is 0 Å². The van der Waals surface area contributed by atoms with E-state index >= 15 is 0 Å². The van der Waals surface area contributed by atoms with E-state index in [0.29, 0.717) is 13.1 Å². The number of nitrogens with zero attached hydrogens (tertiary/aromatic N) is 1. The Bertz CT molecular complexity index is 918. The third-order valence-corrected chi connectivity index (χ3v) is 4.20. The first-order chi connectivity index (χ1) is 12.6. The molecule has 0 spiro atoms. The number of nitrogens with one attached hydrogen (secondary N) is 1. The third kappa shape index (κ3) is 4.46. The van der Waals surface area contributed by atoms with Crippen LogP contribution in [-0.4, -0.2) is 10.5 Å². The molecule has 5 nitrogen and oxygen atoms in total. The van der Waals surface area contributed by atoms with Crippen LogP contribution in [0.2, 0.25) is 0 Å². The Hall–Kier alpha value is -3.18. The summed E-state index contributed by atoms with van der Waals surface area (Å²) < 4.78 is 1.66. The van der Waals surface area contributed by atoms with Crippen LogP contribution in [-0.2, 0) is 17.9 Å². The molecule has 0 aliphatic rings. The molecule has 1 unspecified atom stereocenters. The van der Waals surface area contributed by atoms with Crippen molar-refractivity contribution >= 4 is 5.91 Å². The van der Waals surface area contributed by atoms with Crippen LogP contribution in [0, 0.1) is 0 Å². The first-order valence-corrected chi connectivity index (χ1v) is 8.44. The van der Waals surface area contributed by atoms with Crippen molar-refractivity contribution in [3.05, 3.63) is 106 Å². The molecule has 1 aromatic heterocycles. The molecule has 0 saturated carbocycles. The van der Waals surface area contributed by atoms with Gasteiger partial charge in [0, 0.05) is 18.8 Å². The molecule has 26 heavy (non-hydrogen) atoms. The molecule has 0 fully saturated rings. The highest BCUT2D eigenvalue weighted by atomic mass is 16.1. The number of benzene rings is 2. The second kappa shape index (κ2) is 8.27. The number of pyridine rings is 1. The highest BCUT2D eigenvalue weighted by molar-refractivity contribution is 5.81. The lowest BCUT2D eigenvalue weighted by atomic mass is 10.1. The first-order valence-electron chi connectivity index (χ1n) is 8.44. The summed E-state index contributed by atoms with van der Waals surface area (Å²) in [5.41, 5.74) is 8.42. The van der Waals surface area contributed by atoms with Gasteiger partial charge in [0.15, 0.2) is 0 Å². The molecule has 0 radical (unpaired) electrons. The van der Waals surface area contributed by atoms with Gasteiger partial charge in [-0.3, -0.25) is 14.9 Å². The topological polar surface area (TPSA) is 77.1 Å². The predicted molar refractivity (Wildman–Crippen MR) is 101 cm³/mol. The number of hydrogen-bond acceptors (Lipinski definition) is 3. The van der Waals surface area contributed by atoms with Crippen LogP contribution in [0.3, 0.4) is 0 Å². The average Bonchev–Trinajstić information content (AvgIpc) is 2.66. The van der Waals surface area contributed by atoms with Crippen LogP contribution in [0.5, 0.6) is 0 Å². The normalized spacial score (nSPS) is 11.8. The Labute approximate surface area is 152 Å². The van der Waals surface area contributed by atoms with Gasteiger partial charge in [0.1, 0.15) is 6.04 Å². The fourth-order valence-electron chi connectivity index (χ4n) is 2.80. The zero-order chi connectivity index (χ0) is 18.4. The fourth-order valence-corrected chi connectivity index (χ4v) is 2.80. The molecule has 132 valence electrons. The maximum atomic E-state index is 11.8. The second-order valence-electron chi connectivity index (χ2n) is 6.11. The van der Waals surface area contributed by atoms with Crippen LogP contribution in [0.25, 0.3) is 0 Å². The van der Waals surface area contributed by atoms with E-state index in [9.17, 15) is 9.59 Å². The highest BCUT2D eigenvalue weighted by Crippen LogP contribution is 2.13. The number of hydrogen-bond donors (Lipinski definition) is 2. The van der Waals surface area contributed by atoms with Crippen molar-refractivity contribution in [1.29, 1.82) is 0 Å². The van der Waals surface area contributed by atoms with E-state index in [1.165, 1.54) is 0 Å². The fraction of sp³-hybridized carbons (Fsp3) is 0.143. The molecular weight excluding hydrogens is 326 g/mol. The predicted octanol–water partition coefficient (Wildman–Crippen LogP) is 2.21. The summed E-state index contributed by atoms with van der Waals surface area (Å²) in [6.07, 6.45) is 1.77. The van der Waals surface area contributed by atoms with Gasteiger partial charge in [-0.25, -0.2) is 0 Å². The number of carbonyl (C=O) groups is 1. The van der Waals surface area contributed by atoms with E-state index < -0.39 is 11.9 Å². The molecular formula is C21H21N3O2. The van der Waals surface area contributed by atoms with Gasteiger partial charge in [-0.2, -0.15) is 0 Å². The standard InChI is InChI=1S/C21H21N3O2/c22-21(26)20(18-6-2-1-3-7-18)23-14-16-9-11-17(12-10-16)15-24-13-5-4-8-19(24)25/h1-13,20,23H,14-15H2,(H2,22,26). The smallest absolute Gasteiger partial charge is 0.250 e. The van der Waals surface area contributed by atoms with Gasteiger partial charge in [-0.1, -0.05) is 60.7 Å². The van der Waals surface area contributed by atoms with Crippen molar-refractivity contribution in [2.75, 3.05) is 0 Å². The number of aromatic nitrogens is 1. The van der Waals surface area contributed by atoms with E-state index in [1.807, 2.05) is 60.7 Å². The SMILES string of the molecule is NC(=O)C(NCc1ccc(Cn2ccccc2=O)cc1)c1ccccc1. The molecule has 3 N–H and O–H groups in total. The largest absolute Gasteiger partial charge is 0.368 e. The molecule has 3 aromatic rings. The molecule has 0 aliphatic heterocycles. The van der Waals surface area contributed by atoms with Gasteiger partial charge >= 0.3 is 0 Å². The van der Waals surface area contributed by atoms with E-state index in [1.54, 1.807) is 22.9 Å². The highest BCUT2D eigenvalue weighted by Gasteiger charge is 2.16. The van der Waals surface area contributed by atoms with E-state index in [2.05, 4.69) is 5.32 Å². The maximum Gasteiger partial charge on any atom is 0.250 e. The molecule has 3 rings (SSSR count). The Balaban J connectivity index is 1.64. The Morgan fingerprint density at radius 2 is 1.58 bits per heavy atom. The minimum absolute atomic E-state index is 0.0228. The number of nitrogens with two attached hydrogens (primary N) is 1. The molecule has 0 saturated heterocycles. The lowest BCUT2D eigenvalue weighted by Crippen LogP contribution is -2.33. The van der Waals surface area contributed by atoms with Crippen LogP contribution in [0.4, 0.5) is 0 Å². The summed E-state index contributed by atoms with van der Waals surface area (Å²) in [6.45, 7) is 1.05.